The molecular formula is C6H14O3S. The average molecular weight is 166 g/mol. The second kappa shape index (κ2) is 4.68. The Labute approximate surface area is 62.5 Å². The summed E-state index contributed by atoms with van der Waals surface area (Å²) in [5.41, 5.74) is 0. The zero-order valence-corrected chi connectivity index (χ0v) is 7.28. The summed E-state index contributed by atoms with van der Waals surface area (Å²) in [6, 6.07) is 0. The van der Waals surface area contributed by atoms with Crippen LogP contribution in [-0.4, -0.2) is 20.8 Å². The highest BCUT2D eigenvalue weighted by molar-refractivity contribution is 7.86. The van der Waals surface area contributed by atoms with Crippen LogP contribution >= 0.6 is 0 Å². The molecule has 0 aliphatic rings. The Kier molecular flexibility index (Phi) is 4.64. The summed E-state index contributed by atoms with van der Waals surface area (Å²) in [5.74, 6) is 0.150. The van der Waals surface area contributed by atoms with Crippen molar-refractivity contribution in [2.24, 2.45) is 0 Å². The van der Waals surface area contributed by atoms with Crippen LogP contribution in [0.1, 0.15) is 26.7 Å². The first-order chi connectivity index (χ1) is 4.62. The fourth-order valence-corrected chi connectivity index (χ4v) is 1.68. The van der Waals surface area contributed by atoms with Crippen LogP contribution in [0.15, 0.2) is 0 Å². The van der Waals surface area contributed by atoms with Gasteiger partial charge in [0.2, 0.25) is 0 Å². The molecule has 0 unspecified atom stereocenters. The lowest BCUT2D eigenvalue weighted by Crippen LogP contribution is -2.09. The van der Waals surface area contributed by atoms with Crippen molar-refractivity contribution in [3.63, 3.8) is 0 Å². The first kappa shape index (κ1) is 9.91. The van der Waals surface area contributed by atoms with E-state index in [0.29, 0.717) is 6.42 Å². The standard InChI is InChI=1S/C6H14O3S/c1-3-5-6-10(7,8)9-4-2/h3-6H2,1-2H3. The molecule has 3 nitrogen and oxygen atoms in total. The van der Waals surface area contributed by atoms with Gasteiger partial charge < -0.3 is 0 Å². The lowest BCUT2D eigenvalue weighted by Gasteiger charge is -2.00. The second-order valence-electron chi connectivity index (χ2n) is 2.02. The van der Waals surface area contributed by atoms with Gasteiger partial charge in [0.1, 0.15) is 0 Å². The van der Waals surface area contributed by atoms with Gasteiger partial charge in [-0.25, -0.2) is 0 Å². The number of hydrogen-bond donors (Lipinski definition) is 0. The molecule has 0 N–H and O–H groups in total. The Morgan fingerprint density at radius 2 is 1.90 bits per heavy atom. The maximum atomic E-state index is 10.8. The third-order valence-electron chi connectivity index (χ3n) is 1.05. The molecule has 0 saturated heterocycles. The van der Waals surface area contributed by atoms with Crippen molar-refractivity contribution in [2.45, 2.75) is 26.7 Å². The van der Waals surface area contributed by atoms with Gasteiger partial charge in [0.05, 0.1) is 12.4 Å². The van der Waals surface area contributed by atoms with Gasteiger partial charge in [0.25, 0.3) is 10.1 Å². The molecule has 0 aliphatic heterocycles. The predicted molar refractivity (Wildman–Crippen MR) is 40.3 cm³/mol. The van der Waals surface area contributed by atoms with Crippen molar-refractivity contribution in [2.75, 3.05) is 12.4 Å². The van der Waals surface area contributed by atoms with E-state index in [-0.39, 0.29) is 12.4 Å². The molecule has 4 heteroatoms. The highest BCUT2D eigenvalue weighted by Gasteiger charge is 2.07. The molecule has 62 valence electrons. The van der Waals surface area contributed by atoms with E-state index in [1.54, 1.807) is 6.92 Å². The van der Waals surface area contributed by atoms with E-state index >= 15 is 0 Å². The van der Waals surface area contributed by atoms with Crippen LogP contribution in [0, 0.1) is 0 Å². The van der Waals surface area contributed by atoms with Crippen LogP contribution in [0.4, 0.5) is 0 Å². The normalized spacial score (nSPS) is 11.8. The van der Waals surface area contributed by atoms with Crippen LogP contribution in [0.2, 0.25) is 0 Å². The largest absolute Gasteiger partial charge is 0.270 e. The number of rotatable bonds is 5. The molecule has 0 aromatic rings. The Bertz CT molecular complexity index is 160. The summed E-state index contributed by atoms with van der Waals surface area (Å²) in [5, 5.41) is 0. The molecule has 0 radical (unpaired) electrons. The van der Waals surface area contributed by atoms with Crippen LogP contribution in [0.25, 0.3) is 0 Å². The minimum atomic E-state index is -3.19. The van der Waals surface area contributed by atoms with Crippen LogP contribution in [0.5, 0.6) is 0 Å². The molecule has 0 saturated carbocycles. The van der Waals surface area contributed by atoms with Gasteiger partial charge in [0, 0.05) is 0 Å². The van der Waals surface area contributed by atoms with Gasteiger partial charge in [-0.15, -0.1) is 0 Å². The third kappa shape index (κ3) is 4.76. The molecule has 0 bridgehead atoms. The smallest absolute Gasteiger partial charge is 0.267 e. The van der Waals surface area contributed by atoms with Crippen molar-refractivity contribution >= 4 is 10.1 Å². The molecule has 0 amide bonds. The van der Waals surface area contributed by atoms with Crippen molar-refractivity contribution in [1.82, 2.24) is 0 Å². The maximum Gasteiger partial charge on any atom is 0.267 e. The summed E-state index contributed by atoms with van der Waals surface area (Å²) in [4.78, 5) is 0. The molecule has 0 rings (SSSR count). The lowest BCUT2D eigenvalue weighted by molar-refractivity contribution is 0.337. The zero-order valence-electron chi connectivity index (χ0n) is 6.46. The summed E-state index contributed by atoms with van der Waals surface area (Å²) in [7, 11) is -3.19. The van der Waals surface area contributed by atoms with E-state index in [9.17, 15) is 8.42 Å². The van der Waals surface area contributed by atoms with Gasteiger partial charge >= 0.3 is 0 Å². The van der Waals surface area contributed by atoms with E-state index < -0.39 is 10.1 Å². The van der Waals surface area contributed by atoms with Crippen LogP contribution < -0.4 is 0 Å². The molecule has 0 heterocycles. The molecule has 0 atom stereocenters. The van der Waals surface area contributed by atoms with E-state index in [1.807, 2.05) is 6.92 Å². The molecule has 10 heavy (non-hydrogen) atoms. The fourth-order valence-electron chi connectivity index (χ4n) is 0.560. The van der Waals surface area contributed by atoms with E-state index in [0.717, 1.165) is 6.42 Å². The lowest BCUT2D eigenvalue weighted by atomic mass is 10.4. The van der Waals surface area contributed by atoms with Gasteiger partial charge in [-0.05, 0) is 13.3 Å². The minimum Gasteiger partial charge on any atom is -0.270 e. The third-order valence-corrected chi connectivity index (χ3v) is 2.43. The summed E-state index contributed by atoms with van der Waals surface area (Å²) < 4.78 is 26.0. The Balaban J connectivity index is 3.65. The summed E-state index contributed by atoms with van der Waals surface area (Å²) in [6.07, 6.45) is 1.56. The first-order valence-electron chi connectivity index (χ1n) is 3.49. The van der Waals surface area contributed by atoms with Crippen LogP contribution in [-0.2, 0) is 14.3 Å². The van der Waals surface area contributed by atoms with Crippen molar-refractivity contribution in [3.05, 3.63) is 0 Å². The number of unbranched alkanes of at least 4 members (excludes halogenated alkanes) is 1. The molecule has 0 aliphatic carbocycles. The topological polar surface area (TPSA) is 43.4 Å². The van der Waals surface area contributed by atoms with Gasteiger partial charge in [0.15, 0.2) is 0 Å². The Morgan fingerprint density at radius 1 is 1.30 bits per heavy atom. The van der Waals surface area contributed by atoms with Crippen molar-refractivity contribution in [3.8, 4) is 0 Å². The van der Waals surface area contributed by atoms with Crippen LogP contribution in [0.3, 0.4) is 0 Å². The molecule has 0 spiro atoms. The van der Waals surface area contributed by atoms with Gasteiger partial charge in [-0.3, -0.25) is 4.18 Å². The second-order valence-corrected chi connectivity index (χ2v) is 3.78. The predicted octanol–water partition coefficient (Wildman–Crippen LogP) is 1.15. The van der Waals surface area contributed by atoms with E-state index in [4.69, 9.17) is 0 Å². The van der Waals surface area contributed by atoms with Crippen molar-refractivity contribution in [1.29, 1.82) is 0 Å². The van der Waals surface area contributed by atoms with Gasteiger partial charge in [-0.1, -0.05) is 13.3 Å². The van der Waals surface area contributed by atoms with Crippen molar-refractivity contribution < 1.29 is 12.6 Å². The SMILES string of the molecule is CCCCS(=O)(=O)OCC. The first-order valence-corrected chi connectivity index (χ1v) is 5.07. The highest BCUT2D eigenvalue weighted by Crippen LogP contribution is 1.97. The molecular weight excluding hydrogens is 152 g/mol. The Morgan fingerprint density at radius 3 is 2.30 bits per heavy atom. The average Bonchev–Trinajstić information content (AvgIpc) is 1.84. The highest BCUT2D eigenvalue weighted by atomic mass is 32.2. The monoisotopic (exact) mass is 166 g/mol. The van der Waals surface area contributed by atoms with Gasteiger partial charge in [-0.2, -0.15) is 8.42 Å². The van der Waals surface area contributed by atoms with E-state index in [1.165, 1.54) is 0 Å². The molecule has 0 fully saturated rings. The maximum absolute atomic E-state index is 10.8. The summed E-state index contributed by atoms with van der Waals surface area (Å²) in [6.45, 7) is 3.86. The minimum absolute atomic E-state index is 0.150. The fraction of sp³-hybridized carbons (Fsp3) is 1.00. The zero-order chi connectivity index (χ0) is 8.04. The Hall–Kier alpha value is -0.0900. The summed E-state index contributed by atoms with van der Waals surface area (Å²) >= 11 is 0. The quantitative estimate of drug-likeness (QED) is 0.575. The number of hydrogen-bond acceptors (Lipinski definition) is 3. The molecule has 0 aromatic heterocycles. The van der Waals surface area contributed by atoms with E-state index in [2.05, 4.69) is 4.18 Å². The molecule has 0 aromatic carbocycles.